The molecule has 3 N–H and O–H groups in total. The second kappa shape index (κ2) is 12.1. The van der Waals surface area contributed by atoms with Crippen LogP contribution in [0.5, 0.6) is 5.75 Å². The highest BCUT2D eigenvalue weighted by molar-refractivity contribution is 7.93. The SMILES string of the molecule is CCc1cccc(OC)c1-c1ccc(C[C@H](NCC2(S(=O)(=O)c3ccccc3)CCCNC2)C(=O)O)cc1. The van der Waals surface area contributed by atoms with Crippen molar-refractivity contribution >= 4 is 15.8 Å². The molecule has 1 aliphatic heterocycles. The molecule has 8 heteroatoms. The number of aliphatic carboxylic acids is 1. The fraction of sp³-hybridized carbons (Fsp3) is 0.367. The van der Waals surface area contributed by atoms with Crippen molar-refractivity contribution in [2.75, 3.05) is 26.7 Å². The van der Waals surface area contributed by atoms with Gasteiger partial charge in [0, 0.05) is 18.7 Å². The summed E-state index contributed by atoms with van der Waals surface area (Å²) in [5, 5.41) is 16.3. The van der Waals surface area contributed by atoms with Gasteiger partial charge in [0.05, 0.1) is 12.0 Å². The van der Waals surface area contributed by atoms with Crippen LogP contribution in [-0.2, 0) is 27.5 Å². The Balaban J connectivity index is 1.54. The third-order valence-electron chi connectivity index (χ3n) is 7.42. The lowest BCUT2D eigenvalue weighted by atomic mass is 9.94. The van der Waals surface area contributed by atoms with Crippen LogP contribution in [0.4, 0.5) is 0 Å². The van der Waals surface area contributed by atoms with Crippen molar-refractivity contribution in [3.05, 3.63) is 83.9 Å². The summed E-state index contributed by atoms with van der Waals surface area (Å²) in [5.41, 5.74) is 4.07. The minimum atomic E-state index is -3.70. The Labute approximate surface area is 225 Å². The molecule has 0 aliphatic carbocycles. The number of piperidine rings is 1. The summed E-state index contributed by atoms with van der Waals surface area (Å²) in [4.78, 5) is 12.5. The maximum absolute atomic E-state index is 13.7. The first kappa shape index (κ1) is 27.8. The summed E-state index contributed by atoms with van der Waals surface area (Å²) < 4.78 is 31.8. The molecule has 3 aromatic carbocycles. The molecule has 4 rings (SSSR count). The molecule has 1 aliphatic rings. The predicted molar refractivity (Wildman–Crippen MR) is 149 cm³/mol. The van der Waals surface area contributed by atoms with Crippen LogP contribution in [0.2, 0.25) is 0 Å². The largest absolute Gasteiger partial charge is 0.496 e. The number of rotatable bonds is 11. The second-order valence-corrected chi connectivity index (χ2v) is 12.1. The van der Waals surface area contributed by atoms with Gasteiger partial charge < -0.3 is 20.5 Å². The average molecular weight is 537 g/mol. The molecular formula is C30H36N2O5S. The molecule has 1 fully saturated rings. The zero-order chi connectivity index (χ0) is 27.2. The van der Waals surface area contributed by atoms with Gasteiger partial charge in [-0.05, 0) is 67.1 Å². The fourth-order valence-corrected chi connectivity index (χ4v) is 7.23. The highest BCUT2D eigenvalue weighted by atomic mass is 32.2. The summed E-state index contributed by atoms with van der Waals surface area (Å²) in [6.45, 7) is 3.17. The molecule has 0 aromatic heterocycles. The van der Waals surface area contributed by atoms with E-state index in [1.165, 1.54) is 5.56 Å². The van der Waals surface area contributed by atoms with Gasteiger partial charge in [-0.2, -0.15) is 0 Å². The van der Waals surface area contributed by atoms with E-state index in [0.29, 0.717) is 12.8 Å². The van der Waals surface area contributed by atoms with Gasteiger partial charge in [-0.3, -0.25) is 4.79 Å². The van der Waals surface area contributed by atoms with E-state index in [4.69, 9.17) is 4.74 Å². The molecular weight excluding hydrogens is 500 g/mol. The van der Waals surface area contributed by atoms with E-state index in [2.05, 4.69) is 23.6 Å². The van der Waals surface area contributed by atoms with Crippen LogP contribution >= 0.6 is 0 Å². The number of carboxylic acids is 1. The van der Waals surface area contributed by atoms with Crippen LogP contribution in [0, 0.1) is 0 Å². The van der Waals surface area contributed by atoms with Gasteiger partial charge in [0.25, 0.3) is 0 Å². The minimum absolute atomic E-state index is 0.0490. The lowest BCUT2D eigenvalue weighted by molar-refractivity contribution is -0.139. The number of methoxy groups -OCH3 is 1. The van der Waals surface area contributed by atoms with E-state index in [9.17, 15) is 18.3 Å². The van der Waals surface area contributed by atoms with Gasteiger partial charge in [0.2, 0.25) is 0 Å². The van der Waals surface area contributed by atoms with Crippen molar-refractivity contribution in [3.8, 4) is 16.9 Å². The molecule has 1 heterocycles. The van der Waals surface area contributed by atoms with Gasteiger partial charge in [-0.1, -0.05) is 61.5 Å². The first-order chi connectivity index (χ1) is 18.3. The second-order valence-electron chi connectivity index (χ2n) is 9.80. The van der Waals surface area contributed by atoms with Crippen LogP contribution in [0.25, 0.3) is 11.1 Å². The van der Waals surface area contributed by atoms with E-state index < -0.39 is 26.6 Å². The van der Waals surface area contributed by atoms with E-state index in [1.54, 1.807) is 37.4 Å². The van der Waals surface area contributed by atoms with Crippen LogP contribution in [0.3, 0.4) is 0 Å². The summed E-state index contributed by atoms with van der Waals surface area (Å²) in [7, 11) is -2.04. The highest BCUT2D eigenvalue weighted by Crippen LogP contribution is 2.34. The summed E-state index contributed by atoms with van der Waals surface area (Å²) in [6, 6.07) is 21.3. The molecule has 1 saturated heterocycles. The zero-order valence-corrected chi connectivity index (χ0v) is 22.8. The minimum Gasteiger partial charge on any atom is -0.496 e. The topological polar surface area (TPSA) is 105 Å². The molecule has 3 aromatic rings. The van der Waals surface area contributed by atoms with Gasteiger partial charge in [0.15, 0.2) is 9.84 Å². The molecule has 0 amide bonds. The van der Waals surface area contributed by atoms with Gasteiger partial charge in [-0.25, -0.2) is 8.42 Å². The smallest absolute Gasteiger partial charge is 0.321 e. The number of benzene rings is 3. The van der Waals surface area contributed by atoms with Crippen molar-refractivity contribution in [1.29, 1.82) is 0 Å². The summed E-state index contributed by atoms with van der Waals surface area (Å²) in [5.74, 6) is -0.212. The number of ether oxygens (including phenoxy) is 1. The molecule has 1 unspecified atom stereocenters. The molecule has 202 valence electrons. The Morgan fingerprint density at radius 2 is 1.82 bits per heavy atom. The monoisotopic (exact) mass is 536 g/mol. The lowest BCUT2D eigenvalue weighted by Gasteiger charge is -2.38. The number of carbonyl (C=O) groups is 1. The van der Waals surface area contributed by atoms with Crippen molar-refractivity contribution in [1.82, 2.24) is 10.6 Å². The molecule has 0 radical (unpaired) electrons. The molecule has 0 bridgehead atoms. The number of carboxylic acid groups (broad SMARTS) is 1. The van der Waals surface area contributed by atoms with E-state index in [0.717, 1.165) is 35.4 Å². The standard InChI is InChI=1S/C30H36N2O5S/c1-3-23-9-7-12-27(37-2)28(23)24-15-13-22(14-16-24)19-26(29(33)34)32-21-30(17-8-18-31-20-30)38(35,36)25-10-5-4-6-11-25/h4-7,9-16,26,31-32H,3,8,17-21H2,1-2H3,(H,33,34)/t26-,30?/m0/s1. The maximum Gasteiger partial charge on any atom is 0.321 e. The van der Waals surface area contributed by atoms with E-state index in [-0.39, 0.29) is 24.4 Å². The molecule has 2 atom stereocenters. The zero-order valence-electron chi connectivity index (χ0n) is 21.9. The highest BCUT2D eigenvalue weighted by Gasteiger charge is 2.46. The summed E-state index contributed by atoms with van der Waals surface area (Å²) in [6.07, 6.45) is 2.26. The van der Waals surface area contributed by atoms with Crippen molar-refractivity contribution < 1.29 is 23.1 Å². The molecule has 0 saturated carbocycles. The van der Waals surface area contributed by atoms with Crippen LogP contribution in [0.15, 0.2) is 77.7 Å². The molecule has 0 spiro atoms. The maximum atomic E-state index is 13.7. The van der Waals surface area contributed by atoms with Crippen molar-refractivity contribution in [2.45, 2.75) is 48.3 Å². The Morgan fingerprint density at radius 1 is 1.08 bits per heavy atom. The quantitative estimate of drug-likeness (QED) is 0.339. The first-order valence-electron chi connectivity index (χ1n) is 13.0. The van der Waals surface area contributed by atoms with Gasteiger partial charge >= 0.3 is 5.97 Å². The Bertz CT molecular complexity index is 1310. The van der Waals surface area contributed by atoms with Crippen LogP contribution in [0.1, 0.15) is 30.9 Å². The number of hydrogen-bond acceptors (Lipinski definition) is 6. The third-order valence-corrected chi connectivity index (χ3v) is 9.95. The third kappa shape index (κ3) is 5.77. The average Bonchev–Trinajstić information content (AvgIpc) is 2.95. The van der Waals surface area contributed by atoms with Gasteiger partial charge in [0.1, 0.15) is 16.5 Å². The molecule has 7 nitrogen and oxygen atoms in total. The Kier molecular flexibility index (Phi) is 8.87. The van der Waals surface area contributed by atoms with Crippen LogP contribution in [-0.4, -0.2) is 57.0 Å². The number of aryl methyl sites for hydroxylation is 1. The fourth-order valence-electron chi connectivity index (χ4n) is 5.23. The Morgan fingerprint density at radius 3 is 2.42 bits per heavy atom. The number of hydrogen-bond donors (Lipinski definition) is 3. The normalized spacial score (nSPS) is 18.6. The predicted octanol–water partition coefficient (Wildman–Crippen LogP) is 4.11. The van der Waals surface area contributed by atoms with Gasteiger partial charge in [-0.15, -0.1) is 0 Å². The van der Waals surface area contributed by atoms with E-state index >= 15 is 0 Å². The lowest BCUT2D eigenvalue weighted by Crippen LogP contribution is -2.59. The molecule has 38 heavy (non-hydrogen) atoms. The summed E-state index contributed by atoms with van der Waals surface area (Å²) >= 11 is 0. The Hall–Kier alpha value is -3.20. The van der Waals surface area contributed by atoms with Crippen molar-refractivity contribution in [3.63, 3.8) is 0 Å². The van der Waals surface area contributed by atoms with Crippen molar-refractivity contribution in [2.24, 2.45) is 0 Å². The first-order valence-corrected chi connectivity index (χ1v) is 14.5. The number of sulfone groups is 1. The van der Waals surface area contributed by atoms with Crippen LogP contribution < -0.4 is 15.4 Å². The van der Waals surface area contributed by atoms with E-state index in [1.807, 2.05) is 36.4 Å². The number of nitrogens with one attached hydrogen (secondary N) is 2.